The molecule has 0 aliphatic heterocycles. The Morgan fingerprint density at radius 1 is 1.57 bits per heavy atom. The number of nitrogens with zero attached hydrogens (tertiary/aromatic N) is 1. The van der Waals surface area contributed by atoms with Crippen molar-refractivity contribution in [2.24, 2.45) is 11.3 Å². The van der Waals surface area contributed by atoms with Crippen LogP contribution in [0.2, 0.25) is 0 Å². The summed E-state index contributed by atoms with van der Waals surface area (Å²) in [6, 6.07) is 1.66. The van der Waals surface area contributed by atoms with Crippen molar-refractivity contribution >= 4 is 0 Å². The van der Waals surface area contributed by atoms with Crippen LogP contribution in [0.15, 0.2) is 11.6 Å². The molecule has 0 aromatic rings. The molecule has 1 aliphatic carbocycles. The zero-order valence-corrected chi connectivity index (χ0v) is 8.15. The summed E-state index contributed by atoms with van der Waals surface area (Å²) in [5, 5.41) is 8.66. The predicted molar refractivity (Wildman–Crippen MR) is 46.3 cm³/mol. The van der Waals surface area contributed by atoms with E-state index in [9.17, 15) is 13.2 Å². The molecule has 0 fully saturated rings. The second-order valence-electron chi connectivity index (χ2n) is 4.10. The molecule has 0 spiro atoms. The van der Waals surface area contributed by atoms with Gasteiger partial charge in [0.2, 0.25) is 0 Å². The lowest BCUT2D eigenvalue weighted by Gasteiger charge is -2.36. The minimum atomic E-state index is -4.33. The smallest absolute Gasteiger partial charge is 0.193 e. The average molecular weight is 203 g/mol. The SMILES string of the molecule is CC1CC=C(C#N)C(C)(C(F)(F)F)C1. The summed E-state index contributed by atoms with van der Waals surface area (Å²) >= 11 is 0. The highest BCUT2D eigenvalue weighted by Crippen LogP contribution is 2.50. The topological polar surface area (TPSA) is 23.8 Å². The van der Waals surface area contributed by atoms with Gasteiger partial charge >= 0.3 is 6.18 Å². The van der Waals surface area contributed by atoms with E-state index in [1.54, 1.807) is 13.0 Å². The second-order valence-corrected chi connectivity index (χ2v) is 4.10. The first-order valence-corrected chi connectivity index (χ1v) is 4.48. The molecule has 0 N–H and O–H groups in total. The summed E-state index contributed by atoms with van der Waals surface area (Å²) in [5.41, 5.74) is -2.08. The van der Waals surface area contributed by atoms with E-state index in [0.29, 0.717) is 6.42 Å². The van der Waals surface area contributed by atoms with Crippen molar-refractivity contribution in [2.45, 2.75) is 32.9 Å². The summed E-state index contributed by atoms with van der Waals surface area (Å²) in [5.74, 6) is -0.0151. The number of hydrogen-bond acceptors (Lipinski definition) is 1. The Hall–Kier alpha value is -0.980. The second kappa shape index (κ2) is 3.30. The van der Waals surface area contributed by atoms with Crippen LogP contribution in [-0.2, 0) is 0 Å². The molecule has 14 heavy (non-hydrogen) atoms. The van der Waals surface area contributed by atoms with E-state index >= 15 is 0 Å². The lowest BCUT2D eigenvalue weighted by molar-refractivity contribution is -0.209. The van der Waals surface area contributed by atoms with Crippen molar-refractivity contribution in [3.05, 3.63) is 11.6 Å². The van der Waals surface area contributed by atoms with Gasteiger partial charge in [-0.05, 0) is 25.7 Å². The molecule has 1 nitrogen and oxygen atoms in total. The zero-order chi connectivity index (χ0) is 11.0. The van der Waals surface area contributed by atoms with Crippen molar-refractivity contribution in [3.8, 4) is 6.07 Å². The van der Waals surface area contributed by atoms with Crippen LogP contribution in [0.25, 0.3) is 0 Å². The third-order valence-electron chi connectivity index (χ3n) is 2.82. The third-order valence-corrected chi connectivity index (χ3v) is 2.82. The Labute approximate surface area is 81.2 Å². The number of hydrogen-bond donors (Lipinski definition) is 0. The molecular weight excluding hydrogens is 191 g/mol. The minimum absolute atomic E-state index is 0.00981. The van der Waals surface area contributed by atoms with Gasteiger partial charge in [-0.2, -0.15) is 18.4 Å². The van der Waals surface area contributed by atoms with Crippen LogP contribution >= 0.6 is 0 Å². The molecular formula is C10H12F3N. The van der Waals surface area contributed by atoms with Crippen LogP contribution in [0.3, 0.4) is 0 Å². The molecule has 0 radical (unpaired) electrons. The molecule has 1 rings (SSSR count). The van der Waals surface area contributed by atoms with Gasteiger partial charge in [0.25, 0.3) is 0 Å². The van der Waals surface area contributed by atoms with E-state index in [1.807, 2.05) is 0 Å². The Bertz CT molecular complexity index is 297. The highest BCUT2D eigenvalue weighted by molar-refractivity contribution is 5.32. The van der Waals surface area contributed by atoms with E-state index in [2.05, 4.69) is 0 Å². The van der Waals surface area contributed by atoms with Crippen molar-refractivity contribution in [3.63, 3.8) is 0 Å². The van der Waals surface area contributed by atoms with Gasteiger partial charge in [0.1, 0.15) is 0 Å². The van der Waals surface area contributed by atoms with Crippen LogP contribution in [0.5, 0.6) is 0 Å². The number of alkyl halides is 3. The van der Waals surface area contributed by atoms with E-state index in [4.69, 9.17) is 5.26 Å². The fraction of sp³-hybridized carbons (Fsp3) is 0.700. The van der Waals surface area contributed by atoms with Crippen LogP contribution in [0.1, 0.15) is 26.7 Å². The molecule has 0 amide bonds. The molecule has 0 saturated carbocycles. The molecule has 1 aliphatic rings. The van der Waals surface area contributed by atoms with Crippen LogP contribution < -0.4 is 0 Å². The standard InChI is InChI=1S/C10H12F3N/c1-7-3-4-8(6-14)9(2,5-7)10(11,12)13/h4,7H,3,5H2,1-2H3. The van der Waals surface area contributed by atoms with Crippen LogP contribution in [0.4, 0.5) is 13.2 Å². The van der Waals surface area contributed by atoms with E-state index in [-0.39, 0.29) is 17.9 Å². The molecule has 78 valence electrons. The van der Waals surface area contributed by atoms with E-state index in [1.165, 1.54) is 6.08 Å². The van der Waals surface area contributed by atoms with Crippen LogP contribution in [-0.4, -0.2) is 6.18 Å². The predicted octanol–water partition coefficient (Wildman–Crippen LogP) is 3.43. The fourth-order valence-corrected chi connectivity index (χ4v) is 1.87. The maximum absolute atomic E-state index is 12.7. The molecule has 2 atom stereocenters. The molecule has 0 saturated heterocycles. The van der Waals surface area contributed by atoms with Gasteiger partial charge in [-0.1, -0.05) is 13.0 Å². The zero-order valence-electron chi connectivity index (χ0n) is 8.15. The number of rotatable bonds is 0. The van der Waals surface area contributed by atoms with Gasteiger partial charge in [0, 0.05) is 5.57 Å². The largest absolute Gasteiger partial charge is 0.398 e. The number of allylic oxidation sites excluding steroid dienone is 2. The molecule has 0 bridgehead atoms. The third kappa shape index (κ3) is 1.63. The summed E-state index contributed by atoms with van der Waals surface area (Å²) < 4.78 is 38.2. The van der Waals surface area contributed by atoms with Crippen molar-refractivity contribution in [1.82, 2.24) is 0 Å². The molecule has 0 heterocycles. The number of nitriles is 1. The van der Waals surface area contributed by atoms with Gasteiger partial charge in [-0.15, -0.1) is 0 Å². The van der Waals surface area contributed by atoms with Crippen LogP contribution in [0, 0.1) is 22.7 Å². The first kappa shape index (κ1) is 11.1. The van der Waals surface area contributed by atoms with E-state index < -0.39 is 11.6 Å². The molecule has 0 aromatic heterocycles. The summed E-state index contributed by atoms with van der Waals surface area (Å²) in [7, 11) is 0. The molecule has 4 heteroatoms. The Balaban J connectivity index is 3.13. The average Bonchev–Trinajstić information content (AvgIpc) is 2.02. The highest BCUT2D eigenvalue weighted by atomic mass is 19.4. The maximum Gasteiger partial charge on any atom is 0.398 e. The first-order valence-electron chi connectivity index (χ1n) is 4.48. The van der Waals surface area contributed by atoms with Crippen molar-refractivity contribution in [2.75, 3.05) is 0 Å². The van der Waals surface area contributed by atoms with Gasteiger partial charge in [-0.3, -0.25) is 0 Å². The minimum Gasteiger partial charge on any atom is -0.193 e. The summed E-state index contributed by atoms with van der Waals surface area (Å²) in [4.78, 5) is 0. The first-order chi connectivity index (χ1) is 6.31. The number of halogens is 3. The highest BCUT2D eigenvalue weighted by Gasteiger charge is 2.55. The van der Waals surface area contributed by atoms with Gasteiger partial charge in [-0.25, -0.2) is 0 Å². The molecule has 2 unspecified atom stereocenters. The normalized spacial score (nSPS) is 33.4. The summed E-state index contributed by atoms with van der Waals surface area (Å²) in [6.45, 7) is 2.88. The fourth-order valence-electron chi connectivity index (χ4n) is 1.87. The van der Waals surface area contributed by atoms with Gasteiger partial charge in [0.05, 0.1) is 11.5 Å². The van der Waals surface area contributed by atoms with Gasteiger partial charge in [0.15, 0.2) is 0 Å². The van der Waals surface area contributed by atoms with Gasteiger partial charge < -0.3 is 0 Å². The lowest BCUT2D eigenvalue weighted by atomic mass is 9.70. The Kier molecular flexibility index (Phi) is 2.62. The Morgan fingerprint density at radius 3 is 2.57 bits per heavy atom. The Morgan fingerprint density at radius 2 is 2.14 bits per heavy atom. The van der Waals surface area contributed by atoms with Crippen molar-refractivity contribution in [1.29, 1.82) is 5.26 Å². The monoisotopic (exact) mass is 203 g/mol. The quantitative estimate of drug-likeness (QED) is 0.591. The van der Waals surface area contributed by atoms with E-state index in [0.717, 1.165) is 6.92 Å². The maximum atomic E-state index is 12.7. The summed E-state index contributed by atoms with van der Waals surface area (Å²) in [6.07, 6.45) is -2.34. The lowest BCUT2D eigenvalue weighted by Crippen LogP contribution is -2.39. The molecule has 0 aromatic carbocycles. The van der Waals surface area contributed by atoms with Crippen molar-refractivity contribution < 1.29 is 13.2 Å².